The smallest absolute Gasteiger partial charge is 0.279 e. The average Bonchev–Trinajstić information content (AvgIpc) is 2.66. The molecule has 0 aliphatic heterocycles. The summed E-state index contributed by atoms with van der Waals surface area (Å²) in [6, 6.07) is 0. The van der Waals surface area contributed by atoms with Crippen molar-refractivity contribution in [2.45, 2.75) is 32.1 Å². The zero-order valence-electron chi connectivity index (χ0n) is 9.75. The van der Waals surface area contributed by atoms with Crippen LogP contribution in [0.15, 0.2) is 12.4 Å². The van der Waals surface area contributed by atoms with E-state index in [1.54, 1.807) is 11.3 Å². The Labute approximate surface area is 104 Å². The fraction of sp³-hybridized carbons (Fsp3) is 0.500. The Morgan fingerprint density at radius 1 is 1.71 bits per heavy atom. The Bertz CT molecular complexity index is 455. The van der Waals surface area contributed by atoms with Gasteiger partial charge in [0, 0.05) is 17.3 Å². The van der Waals surface area contributed by atoms with Crippen LogP contribution in [0.2, 0.25) is 0 Å². The molecule has 1 amide bonds. The Morgan fingerprint density at radius 3 is 3.18 bits per heavy atom. The molecule has 0 fully saturated rings. The molecule has 0 spiro atoms. The van der Waals surface area contributed by atoms with Crippen molar-refractivity contribution in [2.75, 3.05) is 6.54 Å². The first-order valence-corrected chi connectivity index (χ1v) is 6.48. The summed E-state index contributed by atoms with van der Waals surface area (Å²) in [5, 5.41) is 3.61. The molecule has 1 aromatic heterocycles. The molecule has 1 aliphatic rings. The molecule has 92 valence electrons. The number of thiazole rings is 1. The predicted octanol–water partition coefficient (Wildman–Crippen LogP) is 2.47. The molecule has 3 nitrogen and oxygen atoms in total. The largest absolute Gasteiger partial charge is 0.349 e. The Hall–Kier alpha value is -1.23. The summed E-state index contributed by atoms with van der Waals surface area (Å²) in [7, 11) is 0. The van der Waals surface area contributed by atoms with Gasteiger partial charge in [0.2, 0.25) is 0 Å². The zero-order chi connectivity index (χ0) is 12.4. The molecule has 1 atom stereocenters. The third-order valence-corrected chi connectivity index (χ3v) is 3.98. The molecule has 1 aromatic rings. The first-order chi connectivity index (χ1) is 8.08. The molecular formula is C12H15FN2OS. The minimum absolute atomic E-state index is 0.215. The van der Waals surface area contributed by atoms with Gasteiger partial charge in [-0.15, -0.1) is 11.3 Å². The lowest BCUT2D eigenvalue weighted by molar-refractivity contribution is -0.118. The van der Waals surface area contributed by atoms with Crippen molar-refractivity contribution in [3.8, 4) is 0 Å². The molecule has 1 aliphatic carbocycles. The minimum atomic E-state index is -0.935. The normalized spacial score (nSPS) is 18.6. The lowest BCUT2D eigenvalue weighted by atomic mass is 9.91. The van der Waals surface area contributed by atoms with Crippen molar-refractivity contribution >= 4 is 17.2 Å². The molecule has 1 heterocycles. The molecule has 1 N–H and O–H groups in total. The van der Waals surface area contributed by atoms with Gasteiger partial charge in [-0.1, -0.05) is 6.58 Å². The molecule has 0 saturated heterocycles. The summed E-state index contributed by atoms with van der Waals surface area (Å²) in [6.45, 7) is 5.41. The molecule has 0 aromatic carbocycles. The van der Waals surface area contributed by atoms with Gasteiger partial charge in [0.15, 0.2) is 5.83 Å². The van der Waals surface area contributed by atoms with Crippen LogP contribution in [-0.4, -0.2) is 17.4 Å². The van der Waals surface area contributed by atoms with Crippen LogP contribution in [0.5, 0.6) is 0 Å². The second-order valence-corrected chi connectivity index (χ2v) is 5.53. The van der Waals surface area contributed by atoms with Gasteiger partial charge in [0.05, 0.1) is 10.7 Å². The number of hydrogen-bond donors (Lipinski definition) is 1. The van der Waals surface area contributed by atoms with Gasteiger partial charge in [-0.2, -0.15) is 0 Å². The highest BCUT2D eigenvalue weighted by molar-refractivity contribution is 7.11. The topological polar surface area (TPSA) is 42.0 Å². The van der Waals surface area contributed by atoms with Gasteiger partial charge in [-0.3, -0.25) is 4.79 Å². The second-order valence-electron chi connectivity index (χ2n) is 4.25. The molecule has 1 unspecified atom stereocenters. The van der Waals surface area contributed by atoms with Gasteiger partial charge >= 0.3 is 0 Å². The zero-order valence-corrected chi connectivity index (χ0v) is 10.6. The maximum atomic E-state index is 12.5. The summed E-state index contributed by atoms with van der Waals surface area (Å²) in [4.78, 5) is 16.9. The Balaban J connectivity index is 2.03. The highest BCUT2D eigenvalue weighted by Gasteiger charge is 2.24. The van der Waals surface area contributed by atoms with Crippen molar-refractivity contribution in [2.24, 2.45) is 0 Å². The van der Waals surface area contributed by atoms with Crippen LogP contribution in [0.3, 0.4) is 0 Å². The Morgan fingerprint density at radius 2 is 2.47 bits per heavy atom. The van der Waals surface area contributed by atoms with Crippen LogP contribution in [0.4, 0.5) is 4.39 Å². The average molecular weight is 254 g/mol. The lowest BCUT2D eigenvalue weighted by Gasteiger charge is -2.21. The quantitative estimate of drug-likeness (QED) is 0.842. The number of nitrogens with one attached hydrogen (secondary N) is 1. The second kappa shape index (κ2) is 4.96. The fourth-order valence-corrected chi connectivity index (χ4v) is 3.20. The fourth-order valence-electron chi connectivity index (χ4n) is 2.14. The van der Waals surface area contributed by atoms with Crippen molar-refractivity contribution in [1.82, 2.24) is 10.3 Å². The van der Waals surface area contributed by atoms with Crippen molar-refractivity contribution < 1.29 is 9.18 Å². The number of nitrogens with zero attached hydrogens (tertiary/aromatic N) is 1. The molecule has 5 heteroatoms. The lowest BCUT2D eigenvalue weighted by Crippen LogP contribution is -2.29. The number of carbonyl (C=O) groups is 1. The summed E-state index contributed by atoms with van der Waals surface area (Å²) in [6.07, 6.45) is 3.17. The van der Waals surface area contributed by atoms with Gasteiger partial charge in [0.25, 0.3) is 5.91 Å². The number of aryl methyl sites for hydroxylation is 2. The molecular weight excluding hydrogens is 239 g/mol. The van der Waals surface area contributed by atoms with Crippen LogP contribution in [-0.2, 0) is 11.2 Å². The molecule has 0 radical (unpaired) electrons. The highest BCUT2D eigenvalue weighted by Crippen LogP contribution is 2.34. The standard InChI is InChI=1S/C12H15FN2OS/c1-7(13)12(16)14-6-9-4-3-5-10-11(9)15-8(2)17-10/h9H,1,3-6H2,2H3,(H,14,16). The van der Waals surface area contributed by atoms with E-state index in [0.717, 1.165) is 30.0 Å². The molecule has 2 rings (SSSR count). The van der Waals surface area contributed by atoms with E-state index in [1.165, 1.54) is 4.88 Å². The molecule has 0 saturated carbocycles. The number of hydrogen-bond acceptors (Lipinski definition) is 3. The van der Waals surface area contributed by atoms with Crippen LogP contribution < -0.4 is 5.32 Å². The van der Waals surface area contributed by atoms with Gasteiger partial charge in [-0.05, 0) is 26.2 Å². The third-order valence-electron chi connectivity index (χ3n) is 2.93. The number of amides is 1. The third kappa shape index (κ3) is 2.72. The first kappa shape index (κ1) is 12.2. The molecule has 17 heavy (non-hydrogen) atoms. The number of aromatic nitrogens is 1. The predicted molar refractivity (Wildman–Crippen MR) is 65.8 cm³/mol. The van der Waals surface area contributed by atoms with E-state index in [-0.39, 0.29) is 5.92 Å². The van der Waals surface area contributed by atoms with Gasteiger partial charge in [0.1, 0.15) is 0 Å². The number of rotatable bonds is 3. The Kier molecular flexibility index (Phi) is 3.57. The van der Waals surface area contributed by atoms with Crippen LogP contribution in [0.1, 0.15) is 34.3 Å². The summed E-state index contributed by atoms with van der Waals surface area (Å²) >= 11 is 1.72. The maximum Gasteiger partial charge on any atom is 0.279 e. The number of fused-ring (bicyclic) bond motifs is 1. The van der Waals surface area contributed by atoms with E-state index in [0.29, 0.717) is 6.54 Å². The van der Waals surface area contributed by atoms with E-state index in [2.05, 4.69) is 16.9 Å². The van der Waals surface area contributed by atoms with Crippen LogP contribution >= 0.6 is 11.3 Å². The minimum Gasteiger partial charge on any atom is -0.349 e. The maximum absolute atomic E-state index is 12.5. The van der Waals surface area contributed by atoms with E-state index < -0.39 is 11.7 Å². The monoisotopic (exact) mass is 254 g/mol. The van der Waals surface area contributed by atoms with Crippen molar-refractivity contribution in [3.63, 3.8) is 0 Å². The SMILES string of the molecule is C=C(F)C(=O)NCC1CCCc2sc(C)nc21. The summed E-state index contributed by atoms with van der Waals surface area (Å²) in [5.74, 6) is -1.44. The highest BCUT2D eigenvalue weighted by atomic mass is 32.1. The van der Waals surface area contributed by atoms with Gasteiger partial charge in [-0.25, -0.2) is 9.37 Å². The van der Waals surface area contributed by atoms with Crippen molar-refractivity contribution in [1.29, 1.82) is 0 Å². The number of halogens is 1. The van der Waals surface area contributed by atoms with Crippen LogP contribution in [0.25, 0.3) is 0 Å². The molecule has 0 bridgehead atoms. The summed E-state index contributed by atoms with van der Waals surface area (Å²) in [5.41, 5.74) is 1.09. The van der Waals surface area contributed by atoms with Crippen LogP contribution in [0, 0.1) is 6.92 Å². The van der Waals surface area contributed by atoms with E-state index >= 15 is 0 Å². The van der Waals surface area contributed by atoms with E-state index in [4.69, 9.17) is 0 Å². The number of carbonyl (C=O) groups excluding carboxylic acids is 1. The van der Waals surface area contributed by atoms with Crippen molar-refractivity contribution in [3.05, 3.63) is 28.0 Å². The van der Waals surface area contributed by atoms with E-state index in [9.17, 15) is 9.18 Å². The first-order valence-electron chi connectivity index (χ1n) is 5.66. The van der Waals surface area contributed by atoms with E-state index in [1.807, 2.05) is 6.92 Å². The van der Waals surface area contributed by atoms with Gasteiger partial charge < -0.3 is 5.32 Å². The summed E-state index contributed by atoms with van der Waals surface area (Å²) < 4.78 is 12.5.